The Labute approximate surface area is 152 Å². The van der Waals surface area contributed by atoms with Gasteiger partial charge in [-0.05, 0) is 24.3 Å². The molecule has 0 fully saturated rings. The summed E-state index contributed by atoms with van der Waals surface area (Å²) < 4.78 is 15.9. The van der Waals surface area contributed by atoms with Crippen LogP contribution in [-0.4, -0.2) is 38.7 Å². The molecule has 0 radical (unpaired) electrons. The first-order chi connectivity index (χ1) is 12.6. The maximum Gasteiger partial charge on any atom is 0.250 e. The topological polar surface area (TPSA) is 85.9 Å². The van der Waals surface area contributed by atoms with Gasteiger partial charge in [0.1, 0.15) is 24.7 Å². The first kappa shape index (κ1) is 19.3. The van der Waals surface area contributed by atoms with E-state index in [0.29, 0.717) is 23.7 Å². The minimum atomic E-state index is -0.343. The van der Waals surface area contributed by atoms with E-state index in [4.69, 9.17) is 14.2 Å². The Balaban J connectivity index is 1.80. The summed E-state index contributed by atoms with van der Waals surface area (Å²) in [6.07, 6.45) is 0. The molecule has 26 heavy (non-hydrogen) atoms. The third-order valence-corrected chi connectivity index (χ3v) is 3.28. The molecule has 0 heterocycles. The van der Waals surface area contributed by atoms with E-state index in [1.807, 2.05) is 30.3 Å². The molecule has 0 aliphatic heterocycles. The van der Waals surface area contributed by atoms with Crippen LogP contribution in [0.5, 0.6) is 11.5 Å². The van der Waals surface area contributed by atoms with E-state index in [0.717, 1.165) is 5.75 Å². The number of carbonyl (C=O) groups excluding carboxylic acids is 2. The van der Waals surface area contributed by atoms with Crippen LogP contribution in [-0.2, 0) is 14.3 Å². The van der Waals surface area contributed by atoms with Crippen molar-refractivity contribution in [2.75, 3.05) is 37.6 Å². The number of rotatable bonds is 9. The number of hydrogen-bond acceptors (Lipinski definition) is 5. The Bertz CT molecular complexity index is 734. The molecule has 0 aliphatic carbocycles. The summed E-state index contributed by atoms with van der Waals surface area (Å²) >= 11 is 0. The highest BCUT2D eigenvalue weighted by Crippen LogP contribution is 2.27. The molecule has 2 N–H and O–H groups in total. The van der Waals surface area contributed by atoms with Crippen molar-refractivity contribution < 1.29 is 23.8 Å². The van der Waals surface area contributed by atoms with Crippen molar-refractivity contribution in [2.45, 2.75) is 6.92 Å². The van der Waals surface area contributed by atoms with Gasteiger partial charge in [0.15, 0.2) is 0 Å². The zero-order valence-electron chi connectivity index (χ0n) is 14.8. The highest BCUT2D eigenvalue weighted by molar-refractivity contribution is 5.99. The van der Waals surface area contributed by atoms with Crippen molar-refractivity contribution in [3.05, 3.63) is 48.5 Å². The van der Waals surface area contributed by atoms with E-state index in [9.17, 15) is 9.59 Å². The van der Waals surface area contributed by atoms with E-state index in [1.54, 1.807) is 18.2 Å². The van der Waals surface area contributed by atoms with Gasteiger partial charge in [0.25, 0.3) is 0 Å². The predicted molar refractivity (Wildman–Crippen MR) is 98.7 cm³/mol. The molecule has 0 saturated carbocycles. The van der Waals surface area contributed by atoms with Crippen LogP contribution in [0.4, 0.5) is 11.4 Å². The Morgan fingerprint density at radius 3 is 2.38 bits per heavy atom. The fourth-order valence-corrected chi connectivity index (χ4v) is 2.14. The number of amides is 2. The Morgan fingerprint density at radius 1 is 0.923 bits per heavy atom. The molecule has 2 amide bonds. The normalized spacial score (nSPS) is 10.1. The van der Waals surface area contributed by atoms with Crippen molar-refractivity contribution in [3.63, 3.8) is 0 Å². The van der Waals surface area contributed by atoms with Gasteiger partial charge in [-0.3, -0.25) is 9.59 Å². The van der Waals surface area contributed by atoms with E-state index >= 15 is 0 Å². The Hall–Kier alpha value is -3.06. The smallest absolute Gasteiger partial charge is 0.250 e. The molecule has 0 unspecified atom stereocenters. The van der Waals surface area contributed by atoms with Gasteiger partial charge in [-0.25, -0.2) is 0 Å². The number of para-hydroxylation sites is 1. The number of ether oxygens (including phenoxy) is 3. The second-order valence-corrected chi connectivity index (χ2v) is 5.35. The van der Waals surface area contributed by atoms with Gasteiger partial charge in [0.05, 0.1) is 25.1 Å². The highest BCUT2D eigenvalue weighted by atomic mass is 16.5. The summed E-state index contributed by atoms with van der Waals surface area (Å²) in [5, 5.41) is 5.35. The number of benzene rings is 2. The molecule has 7 nitrogen and oxygen atoms in total. The Kier molecular flexibility index (Phi) is 7.45. The maximum absolute atomic E-state index is 12.1. The minimum Gasteiger partial charge on any atom is -0.497 e. The van der Waals surface area contributed by atoms with E-state index in [2.05, 4.69) is 10.6 Å². The lowest BCUT2D eigenvalue weighted by atomic mass is 10.2. The summed E-state index contributed by atoms with van der Waals surface area (Å²) in [6, 6.07) is 14.3. The average Bonchev–Trinajstić information content (AvgIpc) is 2.63. The predicted octanol–water partition coefficient (Wildman–Crippen LogP) is 2.69. The second kappa shape index (κ2) is 10.0. The van der Waals surface area contributed by atoms with Crippen LogP contribution in [0.15, 0.2) is 48.5 Å². The SMILES string of the molecule is COc1ccc(NC(C)=O)c(NC(=O)COCCOc2ccccc2)c1. The van der Waals surface area contributed by atoms with Crippen molar-refractivity contribution in [1.82, 2.24) is 0 Å². The van der Waals surface area contributed by atoms with Crippen LogP contribution in [0.25, 0.3) is 0 Å². The Morgan fingerprint density at radius 2 is 1.69 bits per heavy atom. The zero-order chi connectivity index (χ0) is 18.8. The monoisotopic (exact) mass is 358 g/mol. The van der Waals surface area contributed by atoms with Crippen LogP contribution in [0.2, 0.25) is 0 Å². The first-order valence-electron chi connectivity index (χ1n) is 8.09. The minimum absolute atomic E-state index is 0.130. The molecule has 0 spiro atoms. The van der Waals surface area contributed by atoms with Gasteiger partial charge in [0.2, 0.25) is 11.8 Å². The summed E-state index contributed by atoms with van der Waals surface area (Å²) in [5.74, 6) is 0.730. The molecule has 2 rings (SSSR count). The van der Waals surface area contributed by atoms with Crippen LogP contribution >= 0.6 is 0 Å². The summed E-state index contributed by atoms with van der Waals surface area (Å²) in [5.41, 5.74) is 0.924. The fraction of sp³-hybridized carbons (Fsp3) is 0.263. The summed E-state index contributed by atoms with van der Waals surface area (Å²) in [4.78, 5) is 23.3. The van der Waals surface area contributed by atoms with Gasteiger partial charge in [0, 0.05) is 13.0 Å². The lowest BCUT2D eigenvalue weighted by Crippen LogP contribution is -2.21. The van der Waals surface area contributed by atoms with Gasteiger partial charge >= 0.3 is 0 Å². The molecule has 2 aromatic rings. The lowest BCUT2D eigenvalue weighted by Gasteiger charge is -2.13. The van der Waals surface area contributed by atoms with Gasteiger partial charge < -0.3 is 24.8 Å². The molecular weight excluding hydrogens is 336 g/mol. The van der Waals surface area contributed by atoms with Crippen molar-refractivity contribution in [2.24, 2.45) is 0 Å². The standard InChI is InChI=1S/C19H22N2O5/c1-14(22)20-17-9-8-16(24-2)12-18(17)21-19(23)13-25-10-11-26-15-6-4-3-5-7-15/h3-9,12H,10-11,13H2,1-2H3,(H,20,22)(H,21,23). The number of methoxy groups -OCH3 is 1. The number of carbonyl (C=O) groups is 2. The van der Waals surface area contributed by atoms with Crippen LogP contribution in [0.3, 0.4) is 0 Å². The maximum atomic E-state index is 12.1. The molecule has 138 valence electrons. The van der Waals surface area contributed by atoms with Crippen molar-refractivity contribution >= 4 is 23.2 Å². The molecule has 0 aliphatic rings. The van der Waals surface area contributed by atoms with Crippen molar-refractivity contribution in [1.29, 1.82) is 0 Å². The molecule has 7 heteroatoms. The van der Waals surface area contributed by atoms with E-state index in [-0.39, 0.29) is 25.0 Å². The van der Waals surface area contributed by atoms with Gasteiger partial charge in [-0.1, -0.05) is 18.2 Å². The quantitative estimate of drug-likeness (QED) is 0.673. The molecule has 2 aromatic carbocycles. The number of anilines is 2. The van der Waals surface area contributed by atoms with E-state index in [1.165, 1.54) is 14.0 Å². The molecule has 0 aromatic heterocycles. The highest BCUT2D eigenvalue weighted by Gasteiger charge is 2.10. The fourth-order valence-electron chi connectivity index (χ4n) is 2.14. The number of nitrogens with one attached hydrogen (secondary N) is 2. The second-order valence-electron chi connectivity index (χ2n) is 5.35. The number of hydrogen-bond donors (Lipinski definition) is 2. The third-order valence-electron chi connectivity index (χ3n) is 3.28. The third kappa shape index (κ3) is 6.45. The van der Waals surface area contributed by atoms with Gasteiger partial charge in [-0.15, -0.1) is 0 Å². The van der Waals surface area contributed by atoms with Crippen LogP contribution in [0, 0.1) is 0 Å². The summed E-state index contributed by atoms with van der Waals surface area (Å²) in [7, 11) is 1.52. The first-order valence-corrected chi connectivity index (χ1v) is 8.09. The molecule has 0 saturated heterocycles. The largest absolute Gasteiger partial charge is 0.497 e. The summed E-state index contributed by atoms with van der Waals surface area (Å²) in [6.45, 7) is 1.88. The van der Waals surface area contributed by atoms with E-state index < -0.39 is 0 Å². The zero-order valence-corrected chi connectivity index (χ0v) is 14.8. The molecule has 0 atom stereocenters. The molecular formula is C19H22N2O5. The van der Waals surface area contributed by atoms with Gasteiger partial charge in [-0.2, -0.15) is 0 Å². The average molecular weight is 358 g/mol. The molecule has 0 bridgehead atoms. The van der Waals surface area contributed by atoms with Crippen molar-refractivity contribution in [3.8, 4) is 11.5 Å². The lowest BCUT2D eigenvalue weighted by molar-refractivity contribution is -0.120. The van der Waals surface area contributed by atoms with Crippen LogP contribution in [0.1, 0.15) is 6.92 Å². The van der Waals surface area contributed by atoms with Crippen LogP contribution < -0.4 is 20.1 Å².